The Bertz CT molecular complexity index is 912. The lowest BCUT2D eigenvalue weighted by Crippen LogP contribution is -2.58. The number of ether oxygens (including phenoxy) is 3. The summed E-state index contributed by atoms with van der Waals surface area (Å²) in [6, 6.07) is 3.76. The number of benzene rings is 1. The molecule has 2 aliphatic rings. The van der Waals surface area contributed by atoms with Gasteiger partial charge in [0.15, 0.2) is 17.4 Å². The average molecular weight is 463 g/mol. The summed E-state index contributed by atoms with van der Waals surface area (Å²) in [6.45, 7) is 7.66. The van der Waals surface area contributed by atoms with Gasteiger partial charge in [0.2, 0.25) is 11.9 Å². The van der Waals surface area contributed by atoms with Crippen molar-refractivity contribution in [3.63, 3.8) is 0 Å². The van der Waals surface area contributed by atoms with Crippen molar-refractivity contribution >= 4 is 23.9 Å². The minimum Gasteiger partial charge on any atom is -0.504 e. The van der Waals surface area contributed by atoms with E-state index in [-0.39, 0.29) is 24.2 Å². The first kappa shape index (κ1) is 24.1. The van der Waals surface area contributed by atoms with E-state index in [4.69, 9.17) is 14.2 Å². The van der Waals surface area contributed by atoms with Crippen LogP contribution in [0.1, 0.15) is 32.4 Å². The van der Waals surface area contributed by atoms with E-state index >= 15 is 0 Å². The van der Waals surface area contributed by atoms with Gasteiger partial charge < -0.3 is 29.1 Å². The summed E-state index contributed by atoms with van der Waals surface area (Å²) in [5.41, 5.74) is 0.534. The van der Waals surface area contributed by atoms with Crippen LogP contribution >= 0.6 is 0 Å². The number of esters is 1. The van der Waals surface area contributed by atoms with Gasteiger partial charge in [0.25, 0.3) is 0 Å². The number of phenolic OH excluding ortho intramolecular Hbond substituents is 1. The summed E-state index contributed by atoms with van der Waals surface area (Å²) in [5.74, 6) is -1.88. The number of hydrogen-bond donors (Lipinski definition) is 2. The van der Waals surface area contributed by atoms with E-state index in [0.29, 0.717) is 50.9 Å². The van der Waals surface area contributed by atoms with Gasteiger partial charge in [-0.15, -0.1) is 0 Å². The largest absolute Gasteiger partial charge is 0.504 e. The van der Waals surface area contributed by atoms with Gasteiger partial charge >= 0.3 is 12.1 Å². The lowest BCUT2D eigenvalue weighted by Gasteiger charge is -2.38. The fourth-order valence-corrected chi connectivity index (χ4v) is 3.77. The van der Waals surface area contributed by atoms with Crippen LogP contribution in [0.4, 0.5) is 4.79 Å². The summed E-state index contributed by atoms with van der Waals surface area (Å²) in [4.78, 5) is 45.7. The second kappa shape index (κ2) is 10.9. The number of nitrogens with zero attached hydrogens (tertiary/aromatic N) is 3. The van der Waals surface area contributed by atoms with Crippen LogP contribution in [0.15, 0.2) is 23.2 Å². The van der Waals surface area contributed by atoms with E-state index in [9.17, 15) is 19.5 Å². The van der Waals surface area contributed by atoms with Gasteiger partial charge in [-0.05, 0) is 38.5 Å². The van der Waals surface area contributed by atoms with E-state index < -0.39 is 23.8 Å². The van der Waals surface area contributed by atoms with Crippen molar-refractivity contribution in [1.82, 2.24) is 15.1 Å². The summed E-state index contributed by atoms with van der Waals surface area (Å²) < 4.78 is 15.6. The number of carbonyl (C=O) groups excluding carboxylic acids is 3. The van der Waals surface area contributed by atoms with E-state index in [1.54, 1.807) is 37.8 Å². The smallest absolute Gasteiger partial charge is 0.409 e. The molecule has 3 rings (SSSR count). The van der Waals surface area contributed by atoms with Gasteiger partial charge in [-0.25, -0.2) is 9.79 Å². The molecule has 33 heavy (non-hydrogen) atoms. The third kappa shape index (κ3) is 5.47. The fourth-order valence-electron chi connectivity index (χ4n) is 3.77. The Morgan fingerprint density at radius 2 is 1.79 bits per heavy atom. The second-order valence-electron chi connectivity index (χ2n) is 7.45. The molecular weight excluding hydrogens is 432 g/mol. The summed E-state index contributed by atoms with van der Waals surface area (Å²) in [6.07, 6.45) is -0.375. The topological polar surface area (TPSA) is 130 Å². The maximum absolute atomic E-state index is 13.0. The molecule has 2 atom stereocenters. The van der Waals surface area contributed by atoms with Crippen molar-refractivity contribution in [3.8, 4) is 11.5 Å². The molecule has 2 N–H and O–H groups in total. The SMILES string of the molecule is CCOC(=O)[C@H]1C(=O)NC(N2CCN(C(=O)OCC)CC2)=N[C@@H]1c1ccc(O)c(OCC)c1. The number of phenols is 1. The van der Waals surface area contributed by atoms with Crippen molar-refractivity contribution in [3.05, 3.63) is 23.8 Å². The molecule has 0 aliphatic carbocycles. The number of guanidine groups is 1. The molecule has 11 heteroatoms. The quantitative estimate of drug-likeness (QED) is 0.478. The number of carbonyl (C=O) groups is 3. The number of amides is 2. The Morgan fingerprint density at radius 3 is 2.42 bits per heavy atom. The highest BCUT2D eigenvalue weighted by Gasteiger charge is 2.42. The maximum atomic E-state index is 13.0. The number of hydrogen-bond acceptors (Lipinski definition) is 9. The lowest BCUT2D eigenvalue weighted by atomic mass is 9.91. The van der Waals surface area contributed by atoms with Gasteiger partial charge in [-0.3, -0.25) is 14.9 Å². The number of piperazine rings is 1. The normalized spacial score (nSPS) is 20.6. The number of aliphatic imine (C=N–C) groups is 1. The summed E-state index contributed by atoms with van der Waals surface area (Å²) in [7, 11) is 0. The van der Waals surface area contributed by atoms with Crippen LogP contribution in [0, 0.1) is 5.92 Å². The molecule has 2 amide bonds. The molecule has 1 aromatic rings. The molecule has 0 saturated carbocycles. The Kier molecular flexibility index (Phi) is 7.96. The number of nitrogens with one attached hydrogen (secondary N) is 1. The highest BCUT2D eigenvalue weighted by atomic mass is 16.6. The van der Waals surface area contributed by atoms with E-state index in [0.717, 1.165) is 0 Å². The molecule has 0 unspecified atom stereocenters. The molecule has 1 fully saturated rings. The molecule has 180 valence electrons. The Balaban J connectivity index is 1.89. The predicted octanol–water partition coefficient (Wildman–Crippen LogP) is 1.27. The molecular formula is C22H30N4O7. The second-order valence-corrected chi connectivity index (χ2v) is 7.45. The highest BCUT2D eigenvalue weighted by Crippen LogP contribution is 2.36. The van der Waals surface area contributed by atoms with Crippen LogP contribution in [0.2, 0.25) is 0 Å². The van der Waals surface area contributed by atoms with E-state index in [1.807, 2.05) is 4.90 Å². The van der Waals surface area contributed by atoms with Crippen molar-refractivity contribution < 1.29 is 33.7 Å². The minimum absolute atomic E-state index is 0.0483. The standard InChI is InChI=1S/C22H30N4O7/c1-4-31-16-13-14(7-8-15(16)27)18-17(20(29)32-5-2)19(28)24-21(23-18)25-9-11-26(12-10-25)22(30)33-6-3/h7-8,13,17-18,27H,4-6,9-12H2,1-3H3,(H,23,24,28)/t17-,18-/m1/s1. The molecule has 2 aliphatic heterocycles. The molecule has 1 saturated heterocycles. The first-order valence-corrected chi connectivity index (χ1v) is 11.1. The molecule has 11 nitrogen and oxygen atoms in total. The van der Waals surface area contributed by atoms with Crippen molar-refractivity contribution in [2.24, 2.45) is 10.9 Å². The third-order valence-electron chi connectivity index (χ3n) is 5.37. The molecule has 2 heterocycles. The van der Waals surface area contributed by atoms with E-state index in [2.05, 4.69) is 10.3 Å². The van der Waals surface area contributed by atoms with Crippen LogP contribution < -0.4 is 10.1 Å². The molecule has 0 bridgehead atoms. The first-order valence-electron chi connectivity index (χ1n) is 11.1. The Hall–Kier alpha value is -3.50. The number of aromatic hydroxyl groups is 1. The zero-order valence-electron chi connectivity index (χ0n) is 19.1. The minimum atomic E-state index is -1.19. The van der Waals surface area contributed by atoms with Crippen LogP contribution in [0.3, 0.4) is 0 Å². The van der Waals surface area contributed by atoms with Gasteiger partial charge in [-0.1, -0.05) is 6.07 Å². The molecule has 0 aromatic heterocycles. The third-order valence-corrected chi connectivity index (χ3v) is 5.37. The molecule has 0 radical (unpaired) electrons. The van der Waals surface area contributed by atoms with E-state index in [1.165, 1.54) is 6.07 Å². The molecule has 0 spiro atoms. The maximum Gasteiger partial charge on any atom is 0.409 e. The van der Waals surface area contributed by atoms with Gasteiger partial charge in [-0.2, -0.15) is 0 Å². The van der Waals surface area contributed by atoms with Gasteiger partial charge in [0, 0.05) is 26.2 Å². The highest BCUT2D eigenvalue weighted by molar-refractivity contribution is 6.08. The Morgan fingerprint density at radius 1 is 1.09 bits per heavy atom. The predicted molar refractivity (Wildman–Crippen MR) is 118 cm³/mol. The summed E-state index contributed by atoms with van der Waals surface area (Å²) >= 11 is 0. The van der Waals surface area contributed by atoms with Crippen LogP contribution in [0.25, 0.3) is 0 Å². The molecule has 1 aromatic carbocycles. The van der Waals surface area contributed by atoms with Gasteiger partial charge in [0.1, 0.15) is 6.04 Å². The Labute approximate surface area is 192 Å². The van der Waals surface area contributed by atoms with Crippen molar-refractivity contribution in [2.45, 2.75) is 26.8 Å². The van der Waals surface area contributed by atoms with Crippen LogP contribution in [0.5, 0.6) is 11.5 Å². The van der Waals surface area contributed by atoms with Crippen LogP contribution in [-0.4, -0.2) is 84.8 Å². The lowest BCUT2D eigenvalue weighted by molar-refractivity contribution is -0.153. The van der Waals surface area contributed by atoms with Crippen molar-refractivity contribution in [2.75, 3.05) is 46.0 Å². The first-order chi connectivity index (χ1) is 15.9. The summed E-state index contributed by atoms with van der Waals surface area (Å²) in [5, 5.41) is 12.8. The average Bonchev–Trinajstić information content (AvgIpc) is 2.80. The van der Waals surface area contributed by atoms with Crippen LogP contribution in [-0.2, 0) is 19.1 Å². The number of rotatable bonds is 6. The van der Waals surface area contributed by atoms with Crippen molar-refractivity contribution in [1.29, 1.82) is 0 Å². The monoisotopic (exact) mass is 462 g/mol. The van der Waals surface area contributed by atoms with Gasteiger partial charge in [0.05, 0.1) is 19.8 Å². The fraction of sp³-hybridized carbons (Fsp3) is 0.545. The zero-order chi connectivity index (χ0) is 24.0. The zero-order valence-corrected chi connectivity index (χ0v) is 19.1.